The zero-order chi connectivity index (χ0) is 16.4. The van der Waals surface area contributed by atoms with Crippen LogP contribution in [0.1, 0.15) is 22.4 Å². The van der Waals surface area contributed by atoms with Crippen LogP contribution in [0.15, 0.2) is 45.7 Å². The minimum absolute atomic E-state index is 0.149. The zero-order valence-electron chi connectivity index (χ0n) is 12.7. The fourth-order valence-corrected chi connectivity index (χ4v) is 3.12. The molecule has 0 spiro atoms. The maximum Gasteiger partial charge on any atom is 0.274 e. The van der Waals surface area contributed by atoms with Crippen molar-refractivity contribution in [2.45, 2.75) is 6.04 Å². The van der Waals surface area contributed by atoms with E-state index >= 15 is 0 Å². The summed E-state index contributed by atoms with van der Waals surface area (Å²) in [5.74, 6) is 0.721. The molecule has 1 fully saturated rings. The Kier molecular flexibility index (Phi) is 4.06. The number of morpholine rings is 1. The van der Waals surface area contributed by atoms with Crippen LogP contribution < -0.4 is 0 Å². The summed E-state index contributed by atoms with van der Waals surface area (Å²) in [6, 6.07) is 9.15. The van der Waals surface area contributed by atoms with Crippen molar-refractivity contribution >= 4 is 17.2 Å². The van der Waals surface area contributed by atoms with Crippen LogP contribution >= 0.6 is 11.3 Å². The summed E-state index contributed by atoms with van der Waals surface area (Å²) in [6.45, 7) is 1.27. The summed E-state index contributed by atoms with van der Waals surface area (Å²) in [5, 5.41) is 5.76. The Morgan fingerprint density at radius 3 is 2.96 bits per heavy atom. The Balaban J connectivity index is 1.62. The standard InChI is InChI=1S/C16H14N4O3S/c21-16(12-9-24-10-17-12)20-6-7-22-8-13(20)15-18-14(19-23-15)11-4-2-1-3-5-11/h1-5,9-10,13H,6-8H2/t13-/m1/s1. The molecule has 24 heavy (non-hydrogen) atoms. The molecule has 122 valence electrons. The number of hydrogen-bond donors (Lipinski definition) is 0. The lowest BCUT2D eigenvalue weighted by Gasteiger charge is -2.32. The number of hydrogen-bond acceptors (Lipinski definition) is 7. The fraction of sp³-hybridized carbons (Fsp3) is 0.250. The molecule has 2 aromatic heterocycles. The molecular weight excluding hydrogens is 328 g/mol. The van der Waals surface area contributed by atoms with Crippen LogP contribution in [-0.2, 0) is 4.74 Å². The lowest BCUT2D eigenvalue weighted by molar-refractivity contribution is -0.0121. The molecule has 1 amide bonds. The monoisotopic (exact) mass is 342 g/mol. The molecule has 0 unspecified atom stereocenters. The van der Waals surface area contributed by atoms with Crippen molar-refractivity contribution in [3.63, 3.8) is 0 Å². The first-order valence-corrected chi connectivity index (χ1v) is 8.43. The third-order valence-corrected chi connectivity index (χ3v) is 4.39. The second-order valence-electron chi connectivity index (χ2n) is 5.29. The number of carbonyl (C=O) groups is 1. The van der Waals surface area contributed by atoms with Gasteiger partial charge in [0.1, 0.15) is 11.7 Å². The number of ether oxygens (including phenoxy) is 1. The van der Waals surface area contributed by atoms with Gasteiger partial charge in [0.15, 0.2) is 0 Å². The molecule has 3 aromatic rings. The first-order valence-electron chi connectivity index (χ1n) is 7.49. The Morgan fingerprint density at radius 1 is 1.29 bits per heavy atom. The molecule has 1 atom stereocenters. The van der Waals surface area contributed by atoms with Crippen LogP contribution in [-0.4, -0.2) is 45.7 Å². The summed E-state index contributed by atoms with van der Waals surface area (Å²) in [6.07, 6.45) is 0. The van der Waals surface area contributed by atoms with E-state index in [4.69, 9.17) is 9.26 Å². The molecule has 0 aliphatic carbocycles. The predicted octanol–water partition coefficient (Wildman–Crippen LogP) is 2.41. The Labute approximate surface area is 141 Å². The normalized spacial score (nSPS) is 17.8. The SMILES string of the molecule is O=C(c1cscn1)N1CCOC[C@@H]1c1nc(-c2ccccc2)no1. The smallest absolute Gasteiger partial charge is 0.274 e. The largest absolute Gasteiger partial charge is 0.377 e. The maximum absolute atomic E-state index is 12.6. The summed E-state index contributed by atoms with van der Waals surface area (Å²) in [7, 11) is 0. The molecule has 0 bridgehead atoms. The lowest BCUT2D eigenvalue weighted by Crippen LogP contribution is -2.43. The molecule has 3 heterocycles. The van der Waals surface area contributed by atoms with Gasteiger partial charge in [-0.05, 0) is 0 Å². The van der Waals surface area contributed by atoms with Crippen LogP contribution in [0.25, 0.3) is 11.4 Å². The number of carbonyl (C=O) groups excluding carboxylic acids is 1. The third-order valence-electron chi connectivity index (χ3n) is 3.80. The summed E-state index contributed by atoms with van der Waals surface area (Å²) < 4.78 is 10.9. The lowest BCUT2D eigenvalue weighted by atomic mass is 10.2. The molecule has 0 radical (unpaired) electrons. The summed E-state index contributed by atoms with van der Waals surface area (Å²) in [4.78, 5) is 22.9. The van der Waals surface area contributed by atoms with Gasteiger partial charge < -0.3 is 14.2 Å². The molecule has 7 nitrogen and oxygen atoms in total. The minimum atomic E-state index is -0.405. The van der Waals surface area contributed by atoms with Gasteiger partial charge in [-0.25, -0.2) is 4.98 Å². The van der Waals surface area contributed by atoms with Crippen molar-refractivity contribution in [3.05, 3.63) is 52.8 Å². The van der Waals surface area contributed by atoms with Crippen molar-refractivity contribution in [2.24, 2.45) is 0 Å². The van der Waals surface area contributed by atoms with Gasteiger partial charge in [0, 0.05) is 17.5 Å². The van der Waals surface area contributed by atoms with Crippen LogP contribution in [0, 0.1) is 0 Å². The molecule has 1 aromatic carbocycles. The van der Waals surface area contributed by atoms with Gasteiger partial charge >= 0.3 is 0 Å². The number of amides is 1. The van der Waals surface area contributed by atoms with Gasteiger partial charge in [0.25, 0.3) is 11.8 Å². The van der Waals surface area contributed by atoms with Gasteiger partial charge in [0.2, 0.25) is 5.82 Å². The van der Waals surface area contributed by atoms with Gasteiger partial charge in [-0.15, -0.1) is 11.3 Å². The molecule has 1 aliphatic rings. The minimum Gasteiger partial charge on any atom is -0.377 e. The van der Waals surface area contributed by atoms with Crippen molar-refractivity contribution < 1.29 is 14.1 Å². The number of benzene rings is 1. The van der Waals surface area contributed by atoms with E-state index in [1.54, 1.807) is 15.8 Å². The predicted molar refractivity (Wildman–Crippen MR) is 86.4 cm³/mol. The van der Waals surface area contributed by atoms with E-state index in [1.807, 2.05) is 30.3 Å². The highest BCUT2D eigenvalue weighted by Gasteiger charge is 2.34. The highest BCUT2D eigenvalue weighted by atomic mass is 32.1. The average molecular weight is 342 g/mol. The Morgan fingerprint density at radius 2 is 2.17 bits per heavy atom. The number of nitrogens with zero attached hydrogens (tertiary/aromatic N) is 4. The molecule has 1 saturated heterocycles. The maximum atomic E-state index is 12.6. The first-order chi connectivity index (χ1) is 11.8. The van der Waals surface area contributed by atoms with E-state index in [1.165, 1.54) is 11.3 Å². The quantitative estimate of drug-likeness (QED) is 0.727. The molecule has 0 saturated carbocycles. The molecule has 1 aliphatic heterocycles. The number of rotatable bonds is 3. The highest BCUT2D eigenvalue weighted by molar-refractivity contribution is 7.07. The van der Waals surface area contributed by atoms with Crippen molar-refractivity contribution in [1.29, 1.82) is 0 Å². The van der Waals surface area contributed by atoms with E-state index < -0.39 is 6.04 Å². The molecular formula is C16H14N4O3S. The molecule has 8 heteroatoms. The van der Waals surface area contributed by atoms with Crippen molar-refractivity contribution in [2.75, 3.05) is 19.8 Å². The Bertz CT molecular complexity index is 819. The second-order valence-corrected chi connectivity index (χ2v) is 6.00. The third kappa shape index (κ3) is 2.81. The second kappa shape index (κ2) is 6.50. The fourth-order valence-electron chi connectivity index (χ4n) is 2.59. The van der Waals surface area contributed by atoms with E-state index in [9.17, 15) is 4.79 Å². The molecule has 0 N–H and O–H groups in total. The first kappa shape index (κ1) is 15.0. The van der Waals surface area contributed by atoms with Gasteiger partial charge in [-0.3, -0.25) is 4.79 Å². The molecule has 4 rings (SSSR count). The average Bonchev–Trinajstić information content (AvgIpc) is 3.34. The number of aromatic nitrogens is 3. The van der Waals surface area contributed by atoms with Crippen LogP contribution in [0.3, 0.4) is 0 Å². The Hall–Kier alpha value is -2.58. The van der Waals surface area contributed by atoms with Crippen LogP contribution in [0.4, 0.5) is 0 Å². The van der Waals surface area contributed by atoms with Crippen LogP contribution in [0.5, 0.6) is 0 Å². The van der Waals surface area contributed by atoms with Crippen molar-refractivity contribution in [3.8, 4) is 11.4 Å². The topological polar surface area (TPSA) is 81.4 Å². The van der Waals surface area contributed by atoms with Crippen LogP contribution in [0.2, 0.25) is 0 Å². The zero-order valence-corrected chi connectivity index (χ0v) is 13.5. The van der Waals surface area contributed by atoms with Crippen molar-refractivity contribution in [1.82, 2.24) is 20.0 Å². The van der Waals surface area contributed by atoms with Gasteiger partial charge in [0.05, 0.1) is 18.7 Å². The summed E-state index contributed by atoms with van der Waals surface area (Å²) >= 11 is 1.39. The van der Waals surface area contributed by atoms with E-state index in [0.717, 1.165) is 5.56 Å². The summed E-state index contributed by atoms with van der Waals surface area (Å²) in [5.41, 5.74) is 2.93. The van der Waals surface area contributed by atoms with Gasteiger partial charge in [-0.1, -0.05) is 35.5 Å². The highest BCUT2D eigenvalue weighted by Crippen LogP contribution is 2.26. The van der Waals surface area contributed by atoms with E-state index in [2.05, 4.69) is 15.1 Å². The number of thiazole rings is 1. The van der Waals surface area contributed by atoms with E-state index in [-0.39, 0.29) is 5.91 Å². The van der Waals surface area contributed by atoms with Gasteiger partial charge in [-0.2, -0.15) is 4.98 Å². The van der Waals surface area contributed by atoms with E-state index in [0.29, 0.717) is 37.2 Å².